The highest BCUT2D eigenvalue weighted by Crippen LogP contribution is 2.30. The fraction of sp³-hybridized carbons (Fsp3) is 0.214. The molecule has 3 N–H and O–H groups in total. The van der Waals surface area contributed by atoms with Crippen molar-refractivity contribution < 1.29 is 9.59 Å². The zero-order chi connectivity index (χ0) is 14.1. The lowest BCUT2D eigenvalue weighted by Crippen LogP contribution is -2.29. The summed E-state index contributed by atoms with van der Waals surface area (Å²) < 4.78 is 0. The van der Waals surface area contributed by atoms with Gasteiger partial charge in [0.05, 0.1) is 18.7 Å². The average Bonchev–Trinajstić information content (AvgIpc) is 2.98. The predicted octanol–water partition coefficient (Wildman–Crippen LogP) is 1.03. The number of anilines is 1. The number of nitrogens with one attached hydrogen (secondary N) is 1. The summed E-state index contributed by atoms with van der Waals surface area (Å²) >= 11 is 0. The number of nitrogens with zero attached hydrogens (tertiary/aromatic N) is 2. The van der Waals surface area contributed by atoms with Crippen molar-refractivity contribution in [3.8, 4) is 0 Å². The van der Waals surface area contributed by atoms with Crippen LogP contribution >= 0.6 is 0 Å². The van der Waals surface area contributed by atoms with E-state index in [1.54, 1.807) is 0 Å². The highest BCUT2D eigenvalue weighted by molar-refractivity contribution is 6.06. The van der Waals surface area contributed by atoms with Gasteiger partial charge < -0.3 is 5.73 Å². The van der Waals surface area contributed by atoms with E-state index in [4.69, 9.17) is 5.73 Å². The standard InChI is InChI=1S/C14H14N4O2/c15-13-10(7-16-17-13)8-18-12(19)6-11(14(18)20)9-4-2-1-3-5-9/h1-5,7,11H,6,8H2,(H3,15,16,17). The first-order valence-corrected chi connectivity index (χ1v) is 6.33. The minimum atomic E-state index is -0.392. The number of hydrogen-bond acceptors (Lipinski definition) is 4. The number of H-pyrrole nitrogens is 1. The lowest BCUT2D eigenvalue weighted by Gasteiger charge is -2.14. The van der Waals surface area contributed by atoms with Crippen molar-refractivity contribution >= 4 is 17.6 Å². The molecule has 2 aromatic rings. The number of nitrogens with two attached hydrogens (primary N) is 1. The Morgan fingerprint density at radius 1 is 1.30 bits per heavy atom. The van der Waals surface area contributed by atoms with E-state index < -0.39 is 5.92 Å². The largest absolute Gasteiger partial charge is 0.384 e. The fourth-order valence-electron chi connectivity index (χ4n) is 2.41. The molecule has 1 atom stereocenters. The van der Waals surface area contributed by atoms with Gasteiger partial charge in [0, 0.05) is 12.0 Å². The monoisotopic (exact) mass is 270 g/mol. The van der Waals surface area contributed by atoms with Crippen LogP contribution < -0.4 is 5.73 Å². The number of imide groups is 1. The fourth-order valence-corrected chi connectivity index (χ4v) is 2.41. The number of hydrogen-bond donors (Lipinski definition) is 2. The Morgan fingerprint density at radius 2 is 2.05 bits per heavy atom. The van der Waals surface area contributed by atoms with Crippen molar-refractivity contribution in [3.05, 3.63) is 47.7 Å². The van der Waals surface area contributed by atoms with E-state index in [0.717, 1.165) is 5.56 Å². The molecule has 0 spiro atoms. The number of likely N-dealkylation sites (tertiary alicyclic amines) is 1. The highest BCUT2D eigenvalue weighted by atomic mass is 16.2. The lowest BCUT2D eigenvalue weighted by molar-refractivity contribution is -0.139. The van der Waals surface area contributed by atoms with Crippen molar-refractivity contribution in [2.45, 2.75) is 18.9 Å². The Bertz CT molecular complexity index is 650. The van der Waals surface area contributed by atoms with Crippen LogP contribution in [0.5, 0.6) is 0 Å². The summed E-state index contributed by atoms with van der Waals surface area (Å²) in [5, 5.41) is 6.39. The summed E-state index contributed by atoms with van der Waals surface area (Å²) in [7, 11) is 0. The van der Waals surface area contributed by atoms with E-state index in [-0.39, 0.29) is 24.8 Å². The van der Waals surface area contributed by atoms with Crippen LogP contribution in [0.15, 0.2) is 36.5 Å². The van der Waals surface area contributed by atoms with Crippen LogP contribution in [-0.2, 0) is 16.1 Å². The third-order valence-electron chi connectivity index (χ3n) is 3.53. The molecule has 1 saturated heterocycles. The van der Waals surface area contributed by atoms with Gasteiger partial charge in [-0.05, 0) is 5.56 Å². The van der Waals surface area contributed by atoms with Gasteiger partial charge in [-0.25, -0.2) is 0 Å². The Morgan fingerprint density at radius 3 is 2.70 bits per heavy atom. The maximum atomic E-state index is 12.4. The van der Waals surface area contributed by atoms with E-state index in [1.807, 2.05) is 30.3 Å². The summed E-state index contributed by atoms with van der Waals surface area (Å²) in [5.74, 6) is -0.364. The van der Waals surface area contributed by atoms with Gasteiger partial charge >= 0.3 is 0 Å². The quantitative estimate of drug-likeness (QED) is 0.815. The zero-order valence-corrected chi connectivity index (χ0v) is 10.7. The molecule has 0 aliphatic carbocycles. The van der Waals surface area contributed by atoms with Crippen LogP contribution in [0, 0.1) is 0 Å². The van der Waals surface area contributed by atoms with E-state index in [2.05, 4.69) is 10.2 Å². The lowest BCUT2D eigenvalue weighted by atomic mass is 9.98. The van der Waals surface area contributed by atoms with Crippen molar-refractivity contribution in [2.24, 2.45) is 0 Å². The molecule has 1 fully saturated rings. The molecule has 102 valence electrons. The number of aromatic nitrogens is 2. The molecule has 6 heteroatoms. The van der Waals surface area contributed by atoms with E-state index in [0.29, 0.717) is 11.4 Å². The van der Waals surface area contributed by atoms with Crippen LogP contribution in [0.3, 0.4) is 0 Å². The number of amides is 2. The molecule has 2 amide bonds. The maximum Gasteiger partial charge on any atom is 0.237 e. The molecular formula is C14H14N4O2. The van der Waals surface area contributed by atoms with Crippen molar-refractivity contribution in [3.63, 3.8) is 0 Å². The van der Waals surface area contributed by atoms with Gasteiger partial charge in [-0.15, -0.1) is 0 Å². The van der Waals surface area contributed by atoms with Gasteiger partial charge in [0.2, 0.25) is 11.8 Å². The van der Waals surface area contributed by atoms with E-state index in [1.165, 1.54) is 11.1 Å². The maximum absolute atomic E-state index is 12.4. The number of nitrogen functional groups attached to an aromatic ring is 1. The molecule has 0 saturated carbocycles. The Balaban J connectivity index is 1.83. The molecule has 1 aliphatic heterocycles. The minimum absolute atomic E-state index is 0.170. The summed E-state index contributed by atoms with van der Waals surface area (Å²) in [6, 6.07) is 9.35. The normalized spacial score (nSPS) is 18.8. The van der Waals surface area contributed by atoms with Crippen LogP contribution in [0.1, 0.15) is 23.5 Å². The smallest absolute Gasteiger partial charge is 0.237 e. The number of rotatable bonds is 3. The van der Waals surface area contributed by atoms with Crippen molar-refractivity contribution in [2.75, 3.05) is 5.73 Å². The summed E-state index contributed by atoms with van der Waals surface area (Å²) in [5.41, 5.74) is 7.21. The van der Waals surface area contributed by atoms with Crippen LogP contribution in [0.2, 0.25) is 0 Å². The second-order valence-electron chi connectivity index (χ2n) is 4.79. The molecule has 6 nitrogen and oxygen atoms in total. The molecule has 20 heavy (non-hydrogen) atoms. The third-order valence-corrected chi connectivity index (χ3v) is 3.53. The second-order valence-corrected chi connectivity index (χ2v) is 4.79. The molecular weight excluding hydrogens is 256 g/mol. The molecule has 1 aliphatic rings. The Kier molecular flexibility index (Phi) is 2.98. The summed E-state index contributed by atoms with van der Waals surface area (Å²) in [6.45, 7) is 0.170. The molecule has 1 aromatic carbocycles. The Hall–Kier alpha value is -2.63. The highest BCUT2D eigenvalue weighted by Gasteiger charge is 2.39. The SMILES string of the molecule is Nc1[nH]ncc1CN1C(=O)CC(c2ccccc2)C1=O. The van der Waals surface area contributed by atoms with Crippen LogP contribution in [-0.4, -0.2) is 26.9 Å². The van der Waals surface area contributed by atoms with Gasteiger partial charge in [-0.3, -0.25) is 19.6 Å². The number of carbonyl (C=O) groups is 2. The summed E-state index contributed by atoms with van der Waals surface area (Å²) in [6.07, 6.45) is 1.74. The topological polar surface area (TPSA) is 92.1 Å². The zero-order valence-electron chi connectivity index (χ0n) is 10.7. The van der Waals surface area contributed by atoms with E-state index >= 15 is 0 Å². The van der Waals surface area contributed by atoms with Gasteiger partial charge in [0.15, 0.2) is 0 Å². The molecule has 1 unspecified atom stereocenters. The van der Waals surface area contributed by atoms with E-state index in [9.17, 15) is 9.59 Å². The Labute approximate surface area is 115 Å². The second kappa shape index (κ2) is 4.80. The van der Waals surface area contributed by atoms with Crippen LogP contribution in [0.4, 0.5) is 5.82 Å². The van der Waals surface area contributed by atoms with Crippen molar-refractivity contribution in [1.29, 1.82) is 0 Å². The molecule has 0 radical (unpaired) electrons. The van der Waals surface area contributed by atoms with Crippen molar-refractivity contribution in [1.82, 2.24) is 15.1 Å². The molecule has 3 rings (SSSR count). The first kappa shape index (κ1) is 12.4. The first-order valence-electron chi connectivity index (χ1n) is 6.33. The van der Waals surface area contributed by atoms with Gasteiger partial charge in [0.25, 0.3) is 0 Å². The van der Waals surface area contributed by atoms with Gasteiger partial charge in [0.1, 0.15) is 5.82 Å². The molecule has 1 aromatic heterocycles. The predicted molar refractivity (Wildman–Crippen MR) is 72.4 cm³/mol. The number of benzene rings is 1. The summed E-state index contributed by atoms with van der Waals surface area (Å²) in [4.78, 5) is 25.7. The van der Waals surface area contributed by atoms with Crippen LogP contribution in [0.25, 0.3) is 0 Å². The van der Waals surface area contributed by atoms with Gasteiger partial charge in [-0.2, -0.15) is 5.10 Å². The number of aromatic amines is 1. The molecule has 0 bridgehead atoms. The first-order chi connectivity index (χ1) is 9.66. The average molecular weight is 270 g/mol. The van der Waals surface area contributed by atoms with Gasteiger partial charge in [-0.1, -0.05) is 30.3 Å². The number of carbonyl (C=O) groups excluding carboxylic acids is 2. The minimum Gasteiger partial charge on any atom is -0.384 e. The third kappa shape index (κ3) is 2.05. The molecule has 2 heterocycles.